The first kappa shape index (κ1) is 52.9. The summed E-state index contributed by atoms with van der Waals surface area (Å²) in [5, 5.41) is 64.6. The van der Waals surface area contributed by atoms with Crippen LogP contribution in [0.4, 0.5) is 0 Å². The molecule has 0 aromatic heterocycles. The van der Waals surface area contributed by atoms with Crippen molar-refractivity contribution in [1.82, 2.24) is 5.32 Å². The lowest BCUT2D eigenvalue weighted by Crippen LogP contribution is -2.60. The number of hydrogen-bond donors (Lipinski definition) is 7. The zero-order valence-corrected chi connectivity index (χ0v) is 36.0. The number of aliphatic hydroxyl groups is 6. The molecule has 10 heteroatoms. The second-order valence-electron chi connectivity index (χ2n) is 16.7. The van der Waals surface area contributed by atoms with E-state index in [0.29, 0.717) is 6.42 Å². The zero-order chi connectivity index (χ0) is 41.1. The van der Waals surface area contributed by atoms with Crippen LogP contribution in [-0.4, -0.2) is 98.7 Å². The van der Waals surface area contributed by atoms with E-state index in [0.717, 1.165) is 44.9 Å². The van der Waals surface area contributed by atoms with Crippen LogP contribution in [0.3, 0.4) is 0 Å². The lowest BCUT2D eigenvalue weighted by molar-refractivity contribution is -0.302. The van der Waals surface area contributed by atoms with Gasteiger partial charge in [-0.2, -0.15) is 0 Å². The second-order valence-corrected chi connectivity index (χ2v) is 16.7. The fraction of sp³-hybridized carbons (Fsp3) is 0.935. The molecule has 332 valence electrons. The number of aliphatic hydroxyl groups excluding tert-OH is 6. The molecule has 56 heavy (non-hydrogen) atoms. The molecule has 0 bridgehead atoms. The number of unbranched alkanes of at least 4 members (excludes halogenated alkanes) is 28. The third-order valence-corrected chi connectivity index (χ3v) is 11.5. The van der Waals surface area contributed by atoms with Crippen LogP contribution < -0.4 is 5.32 Å². The Bertz CT molecular complexity index is 906. The fourth-order valence-corrected chi connectivity index (χ4v) is 7.57. The molecule has 0 radical (unpaired) electrons. The molecule has 0 aromatic carbocycles. The van der Waals surface area contributed by atoms with E-state index in [-0.39, 0.29) is 6.61 Å². The van der Waals surface area contributed by atoms with E-state index in [9.17, 15) is 35.4 Å². The molecule has 0 aromatic rings. The highest BCUT2D eigenvalue weighted by Gasteiger charge is 2.44. The van der Waals surface area contributed by atoms with E-state index in [4.69, 9.17) is 9.47 Å². The van der Waals surface area contributed by atoms with Gasteiger partial charge in [-0.25, -0.2) is 0 Å². The van der Waals surface area contributed by atoms with E-state index in [1.165, 1.54) is 148 Å². The van der Waals surface area contributed by atoms with Crippen molar-refractivity contribution >= 4 is 5.91 Å². The fourth-order valence-electron chi connectivity index (χ4n) is 7.57. The Kier molecular flexibility index (Phi) is 34.9. The summed E-state index contributed by atoms with van der Waals surface area (Å²) in [7, 11) is 0. The van der Waals surface area contributed by atoms with Gasteiger partial charge in [-0.3, -0.25) is 4.79 Å². The van der Waals surface area contributed by atoms with E-state index in [1.807, 2.05) is 6.08 Å². The summed E-state index contributed by atoms with van der Waals surface area (Å²) < 4.78 is 11.1. The third kappa shape index (κ3) is 26.8. The summed E-state index contributed by atoms with van der Waals surface area (Å²) in [5.41, 5.74) is 0. The first-order valence-corrected chi connectivity index (χ1v) is 23.5. The molecule has 0 saturated carbocycles. The highest BCUT2D eigenvalue weighted by Crippen LogP contribution is 2.23. The van der Waals surface area contributed by atoms with Crippen LogP contribution in [0, 0.1) is 0 Å². The van der Waals surface area contributed by atoms with Crippen LogP contribution in [0.5, 0.6) is 0 Å². The Morgan fingerprint density at radius 2 is 1.02 bits per heavy atom. The molecule has 7 N–H and O–H groups in total. The van der Waals surface area contributed by atoms with Crippen LogP contribution in [0.1, 0.15) is 213 Å². The summed E-state index contributed by atoms with van der Waals surface area (Å²) in [6, 6.07) is -0.974. The molecule has 1 rings (SSSR count). The standard InChI is InChI=1S/C46H89NO9/c1-3-5-7-9-11-13-15-17-18-19-20-21-23-25-27-29-31-33-35-40(50)45(54)47-38(37-55-46-44(53)43(52)42(51)41(36-48)56-46)39(49)34-32-30-28-26-24-22-16-14-12-10-8-6-4-2/h32,34,38-44,46,48-53H,3-31,33,35-37H2,1-2H3,(H,47,54)/b34-32+/t38-,39+,40+,41+,42+,43-,44+,46+/m0/s1. The van der Waals surface area contributed by atoms with Crippen LogP contribution >= 0.6 is 0 Å². The van der Waals surface area contributed by atoms with E-state index in [2.05, 4.69) is 19.2 Å². The number of carbonyl (C=O) groups is 1. The summed E-state index contributed by atoms with van der Waals surface area (Å²) in [6.45, 7) is 3.61. The minimum Gasteiger partial charge on any atom is -0.394 e. The van der Waals surface area contributed by atoms with Gasteiger partial charge in [0.2, 0.25) is 5.91 Å². The van der Waals surface area contributed by atoms with Gasteiger partial charge in [0.15, 0.2) is 6.29 Å². The van der Waals surface area contributed by atoms with Crippen LogP contribution in [0.15, 0.2) is 12.2 Å². The maximum Gasteiger partial charge on any atom is 0.249 e. The maximum absolute atomic E-state index is 13.0. The molecule has 1 fully saturated rings. The van der Waals surface area contributed by atoms with Gasteiger partial charge in [0, 0.05) is 0 Å². The van der Waals surface area contributed by atoms with Crippen LogP contribution in [-0.2, 0) is 14.3 Å². The highest BCUT2D eigenvalue weighted by molar-refractivity contribution is 5.80. The first-order valence-electron chi connectivity index (χ1n) is 23.5. The van der Waals surface area contributed by atoms with Crippen molar-refractivity contribution < 1.29 is 44.9 Å². The van der Waals surface area contributed by atoms with Crippen molar-refractivity contribution in [2.75, 3.05) is 13.2 Å². The molecule has 8 atom stereocenters. The van der Waals surface area contributed by atoms with E-state index in [1.54, 1.807) is 6.08 Å². The highest BCUT2D eigenvalue weighted by atomic mass is 16.7. The molecular weight excluding hydrogens is 711 g/mol. The van der Waals surface area contributed by atoms with Gasteiger partial charge in [0.25, 0.3) is 0 Å². The second kappa shape index (κ2) is 36.9. The predicted molar refractivity (Wildman–Crippen MR) is 227 cm³/mol. The van der Waals surface area contributed by atoms with Gasteiger partial charge in [0.05, 0.1) is 25.4 Å². The van der Waals surface area contributed by atoms with Gasteiger partial charge in [0.1, 0.15) is 30.5 Å². The van der Waals surface area contributed by atoms with Crippen molar-refractivity contribution in [3.8, 4) is 0 Å². The van der Waals surface area contributed by atoms with Crippen molar-refractivity contribution in [1.29, 1.82) is 0 Å². The van der Waals surface area contributed by atoms with Crippen molar-refractivity contribution in [3.05, 3.63) is 12.2 Å². The summed E-state index contributed by atoms with van der Waals surface area (Å²) in [4.78, 5) is 13.0. The monoisotopic (exact) mass is 800 g/mol. The Morgan fingerprint density at radius 1 is 0.607 bits per heavy atom. The van der Waals surface area contributed by atoms with Gasteiger partial charge < -0.3 is 45.4 Å². The number of allylic oxidation sites excluding steroid dienone is 1. The maximum atomic E-state index is 13.0. The quantitative estimate of drug-likeness (QED) is 0.0238. The predicted octanol–water partition coefficient (Wildman–Crippen LogP) is 8.70. The number of rotatable bonds is 39. The normalized spacial score (nSPS) is 21.8. The molecule has 0 spiro atoms. The molecule has 1 saturated heterocycles. The molecule has 0 unspecified atom stereocenters. The average Bonchev–Trinajstić information content (AvgIpc) is 3.20. The molecule has 1 amide bonds. The summed E-state index contributed by atoms with van der Waals surface area (Å²) >= 11 is 0. The van der Waals surface area contributed by atoms with Crippen molar-refractivity contribution in [2.45, 2.75) is 262 Å². The third-order valence-electron chi connectivity index (χ3n) is 11.5. The topological polar surface area (TPSA) is 169 Å². The summed E-state index contributed by atoms with van der Waals surface area (Å²) in [6.07, 6.45) is 31.5. The Morgan fingerprint density at radius 3 is 1.45 bits per heavy atom. The molecule has 1 aliphatic rings. The Labute approximate surface area is 342 Å². The number of ether oxygens (including phenoxy) is 2. The van der Waals surface area contributed by atoms with Gasteiger partial charge in [-0.1, -0.05) is 206 Å². The van der Waals surface area contributed by atoms with E-state index < -0.39 is 61.5 Å². The molecule has 1 aliphatic heterocycles. The minimum absolute atomic E-state index is 0.301. The smallest absolute Gasteiger partial charge is 0.249 e. The average molecular weight is 800 g/mol. The van der Waals surface area contributed by atoms with Gasteiger partial charge in [-0.05, 0) is 19.3 Å². The molecule has 10 nitrogen and oxygen atoms in total. The number of carbonyl (C=O) groups excluding carboxylic acids is 1. The largest absolute Gasteiger partial charge is 0.394 e. The van der Waals surface area contributed by atoms with E-state index >= 15 is 0 Å². The SMILES string of the molecule is CCCCCCCCCCCCC/C=C/[C@@H](O)[C@H](CO[C@@H]1O[C@H](CO)[C@@H](O)[C@H](O)[C@H]1O)NC(=O)[C@H](O)CCCCCCCCCCCCCCCCCCCC. The van der Waals surface area contributed by atoms with Crippen LogP contribution in [0.25, 0.3) is 0 Å². The lowest BCUT2D eigenvalue weighted by Gasteiger charge is -2.40. The minimum atomic E-state index is -1.61. The molecular formula is C46H89NO9. The molecule has 1 heterocycles. The zero-order valence-electron chi connectivity index (χ0n) is 36.0. The Hall–Kier alpha value is -1.11. The van der Waals surface area contributed by atoms with Gasteiger partial charge >= 0.3 is 0 Å². The lowest BCUT2D eigenvalue weighted by atomic mass is 9.99. The van der Waals surface area contributed by atoms with Crippen molar-refractivity contribution in [3.63, 3.8) is 0 Å². The number of nitrogens with one attached hydrogen (secondary N) is 1. The number of amides is 1. The van der Waals surface area contributed by atoms with Crippen LogP contribution in [0.2, 0.25) is 0 Å². The first-order chi connectivity index (χ1) is 27.3. The van der Waals surface area contributed by atoms with Gasteiger partial charge in [-0.15, -0.1) is 0 Å². The summed E-state index contributed by atoms with van der Waals surface area (Å²) in [5.74, 6) is -0.614. The Balaban J connectivity index is 2.38. The molecule has 0 aliphatic carbocycles. The van der Waals surface area contributed by atoms with Crippen molar-refractivity contribution in [2.24, 2.45) is 0 Å². The number of hydrogen-bond acceptors (Lipinski definition) is 9.